The van der Waals surface area contributed by atoms with Crippen LogP contribution in [0.25, 0.3) is 0 Å². The molecule has 0 saturated heterocycles. The highest BCUT2D eigenvalue weighted by Crippen LogP contribution is 2.38. The lowest BCUT2D eigenvalue weighted by Crippen LogP contribution is -2.51. The van der Waals surface area contributed by atoms with Gasteiger partial charge in [0.15, 0.2) is 12.4 Å². The lowest BCUT2D eigenvalue weighted by molar-refractivity contribution is -0.189. The fraction of sp³-hybridized carbons (Fsp3) is 0.833. The zero-order valence-corrected chi connectivity index (χ0v) is 12.1. The maximum atomic E-state index is 11.0. The van der Waals surface area contributed by atoms with E-state index in [1.165, 1.54) is 0 Å². The molecule has 14 nitrogen and oxygen atoms in total. The van der Waals surface area contributed by atoms with Crippen molar-refractivity contribution < 1.29 is 68.1 Å². The topological polar surface area (TPSA) is 252 Å². The number of phosphoric ester groups is 2. The van der Waals surface area contributed by atoms with Gasteiger partial charge in [0, 0.05) is 0 Å². The van der Waals surface area contributed by atoms with Crippen molar-refractivity contribution >= 4 is 21.6 Å². The quantitative estimate of drug-likeness (QED) is 0.144. The summed E-state index contributed by atoms with van der Waals surface area (Å²) in [6.45, 7) is 0. The summed E-state index contributed by atoms with van der Waals surface area (Å²) in [5, 5.41) is 46.0. The van der Waals surface area contributed by atoms with Gasteiger partial charge in [0.05, 0.1) is 0 Å². The lowest BCUT2D eigenvalue weighted by Gasteiger charge is -2.28. The molecule has 16 heteroatoms. The van der Waals surface area contributed by atoms with E-state index in [1.807, 2.05) is 0 Å². The van der Waals surface area contributed by atoms with Crippen molar-refractivity contribution in [2.24, 2.45) is 0 Å². The number of carbonyl (C=O) groups excluding carboxylic acids is 1. The first kappa shape index (κ1) is 21.5. The van der Waals surface area contributed by atoms with Crippen LogP contribution in [0.5, 0.6) is 0 Å². The molecule has 0 spiro atoms. The van der Waals surface area contributed by atoms with Gasteiger partial charge in [-0.3, -0.25) is 14.3 Å². The molecular formula is C6H14O14P2. The first-order chi connectivity index (χ1) is 9.65. The zero-order chi connectivity index (χ0) is 17.9. The van der Waals surface area contributed by atoms with E-state index in [9.17, 15) is 29.2 Å². The van der Waals surface area contributed by atoms with E-state index in [0.29, 0.717) is 0 Å². The molecule has 0 aliphatic carbocycles. The highest BCUT2D eigenvalue weighted by atomic mass is 31.2. The van der Waals surface area contributed by atoms with Crippen LogP contribution in [0.1, 0.15) is 0 Å². The summed E-state index contributed by atoms with van der Waals surface area (Å²) in [5.41, 5.74) is 0. The smallest absolute Gasteiger partial charge is 0.387 e. The van der Waals surface area contributed by atoms with Crippen LogP contribution in [-0.4, -0.2) is 81.8 Å². The molecule has 1 unspecified atom stereocenters. The number of hydrogen-bond acceptors (Lipinski definition) is 10. The fourth-order valence-corrected chi connectivity index (χ4v) is 1.82. The Hall–Kier alpha value is -0.470. The van der Waals surface area contributed by atoms with Gasteiger partial charge < -0.3 is 39.8 Å². The second kappa shape index (κ2) is 7.88. The summed E-state index contributed by atoms with van der Waals surface area (Å²) in [7, 11) is -10.6. The molecule has 0 radical (unpaired) electrons. The molecule has 0 aliphatic heterocycles. The number of aliphatic hydroxyl groups is 5. The maximum absolute atomic E-state index is 11.0. The van der Waals surface area contributed by atoms with Gasteiger partial charge in [-0.15, -0.1) is 0 Å². The Morgan fingerprint density at radius 1 is 0.773 bits per heavy atom. The average molecular weight is 372 g/mol. The van der Waals surface area contributed by atoms with Crippen molar-refractivity contribution in [3.05, 3.63) is 0 Å². The fourth-order valence-electron chi connectivity index (χ4n) is 1.07. The molecule has 132 valence electrons. The summed E-state index contributed by atoms with van der Waals surface area (Å²) in [4.78, 5) is 44.3. The minimum Gasteiger partial charge on any atom is -0.387 e. The van der Waals surface area contributed by atoms with Gasteiger partial charge in [0.1, 0.15) is 18.3 Å². The molecule has 5 atom stereocenters. The van der Waals surface area contributed by atoms with Crippen molar-refractivity contribution in [1.82, 2.24) is 0 Å². The molecule has 0 fully saturated rings. The van der Waals surface area contributed by atoms with Crippen LogP contribution in [0.2, 0.25) is 0 Å². The molecule has 9 N–H and O–H groups in total. The minimum atomic E-state index is -5.36. The minimum absolute atomic E-state index is 2.07. The monoisotopic (exact) mass is 372 g/mol. The average Bonchev–Trinajstić information content (AvgIpc) is 2.30. The van der Waals surface area contributed by atoms with Crippen LogP contribution in [-0.2, 0) is 23.0 Å². The van der Waals surface area contributed by atoms with Gasteiger partial charge in [0.25, 0.3) is 0 Å². The maximum Gasteiger partial charge on any atom is 0.527 e. The summed E-state index contributed by atoms with van der Waals surface area (Å²) >= 11 is 0. The SMILES string of the molecule is O=C(OP(=O)(O)O)[C@H](O)[C@H](O)[C@H](O)[C@@H](O)C(O)OP(=O)(O)O. The van der Waals surface area contributed by atoms with Crippen molar-refractivity contribution in [3.8, 4) is 0 Å². The molecular weight excluding hydrogens is 358 g/mol. The van der Waals surface area contributed by atoms with E-state index in [-0.39, 0.29) is 0 Å². The van der Waals surface area contributed by atoms with E-state index in [2.05, 4.69) is 9.05 Å². The standard InChI is InChI=1S/C6H14O14P2/c7-1(3(9)5(11)19-21(13,14)15)2(8)4(10)6(12)20-22(16,17)18/h1-5,7-11H,(H2,13,14,15)(H2,16,17,18)/t1-,2+,3+,4+,5?/m0/s1. The van der Waals surface area contributed by atoms with Crippen LogP contribution in [0.3, 0.4) is 0 Å². The lowest BCUT2D eigenvalue weighted by atomic mass is 10.0. The predicted molar refractivity (Wildman–Crippen MR) is 61.3 cm³/mol. The Bertz CT molecular complexity index is 466. The Kier molecular flexibility index (Phi) is 7.71. The Morgan fingerprint density at radius 2 is 1.23 bits per heavy atom. The normalized spacial score (nSPS) is 19.9. The highest BCUT2D eigenvalue weighted by molar-refractivity contribution is 7.47. The van der Waals surface area contributed by atoms with E-state index in [0.717, 1.165) is 0 Å². The molecule has 0 bridgehead atoms. The zero-order valence-electron chi connectivity index (χ0n) is 10.3. The number of rotatable bonds is 8. The van der Waals surface area contributed by atoms with E-state index >= 15 is 0 Å². The number of carbonyl (C=O) groups is 1. The third-order valence-corrected chi connectivity index (χ3v) is 2.92. The molecule has 22 heavy (non-hydrogen) atoms. The second-order valence-corrected chi connectivity index (χ2v) is 6.16. The van der Waals surface area contributed by atoms with Crippen LogP contribution >= 0.6 is 15.6 Å². The Labute approximate surface area is 121 Å². The van der Waals surface area contributed by atoms with Gasteiger partial charge in [-0.05, 0) is 0 Å². The number of phosphoric acid groups is 2. The van der Waals surface area contributed by atoms with Crippen molar-refractivity contribution in [1.29, 1.82) is 0 Å². The van der Waals surface area contributed by atoms with Gasteiger partial charge in [-0.1, -0.05) is 0 Å². The first-order valence-electron chi connectivity index (χ1n) is 5.09. The van der Waals surface area contributed by atoms with Gasteiger partial charge in [-0.25, -0.2) is 13.9 Å². The summed E-state index contributed by atoms with van der Waals surface area (Å²) in [6, 6.07) is 0. The third-order valence-electron chi connectivity index (χ3n) is 2.01. The molecule has 0 aliphatic rings. The molecule has 0 rings (SSSR count). The van der Waals surface area contributed by atoms with Crippen LogP contribution in [0, 0.1) is 0 Å². The summed E-state index contributed by atoms with van der Waals surface area (Å²) < 4.78 is 27.7. The summed E-state index contributed by atoms with van der Waals surface area (Å²) in [6.07, 6.45) is -13.4. The molecule has 0 aromatic carbocycles. The van der Waals surface area contributed by atoms with Crippen molar-refractivity contribution in [2.45, 2.75) is 30.7 Å². The van der Waals surface area contributed by atoms with Crippen LogP contribution in [0.4, 0.5) is 0 Å². The molecule has 0 heterocycles. The van der Waals surface area contributed by atoms with Crippen LogP contribution < -0.4 is 0 Å². The van der Waals surface area contributed by atoms with Gasteiger partial charge in [-0.2, -0.15) is 0 Å². The van der Waals surface area contributed by atoms with Crippen molar-refractivity contribution in [2.75, 3.05) is 0 Å². The largest absolute Gasteiger partial charge is 0.527 e. The molecule has 0 saturated carbocycles. The second-order valence-electron chi connectivity index (χ2n) is 3.80. The van der Waals surface area contributed by atoms with Gasteiger partial charge >= 0.3 is 21.6 Å². The van der Waals surface area contributed by atoms with E-state index < -0.39 is 52.3 Å². The number of aliphatic hydroxyl groups excluding tert-OH is 5. The predicted octanol–water partition coefficient (Wildman–Crippen LogP) is -4.51. The molecule has 0 aromatic heterocycles. The molecule has 0 aromatic rings. The van der Waals surface area contributed by atoms with E-state index in [1.54, 1.807) is 0 Å². The van der Waals surface area contributed by atoms with Crippen molar-refractivity contribution in [3.63, 3.8) is 0 Å². The molecule has 0 amide bonds. The van der Waals surface area contributed by atoms with E-state index in [4.69, 9.17) is 29.8 Å². The number of hydrogen-bond donors (Lipinski definition) is 9. The van der Waals surface area contributed by atoms with Gasteiger partial charge in [0.2, 0.25) is 0 Å². The summed E-state index contributed by atoms with van der Waals surface area (Å²) in [5.74, 6) is -2.07. The third kappa shape index (κ3) is 7.69. The Morgan fingerprint density at radius 3 is 1.59 bits per heavy atom. The first-order valence-corrected chi connectivity index (χ1v) is 8.15. The van der Waals surface area contributed by atoms with Crippen LogP contribution in [0.15, 0.2) is 0 Å². The highest BCUT2D eigenvalue weighted by Gasteiger charge is 2.41. The Balaban J connectivity index is 4.83.